The third-order valence-electron chi connectivity index (χ3n) is 1.80. The first-order chi connectivity index (χ1) is 7.54. The minimum atomic E-state index is -0.258. The van der Waals surface area contributed by atoms with E-state index in [2.05, 4.69) is 27.9 Å². The summed E-state index contributed by atoms with van der Waals surface area (Å²) in [4.78, 5) is 13.4. The fourth-order valence-electron chi connectivity index (χ4n) is 1.09. The van der Waals surface area contributed by atoms with Crippen LogP contribution < -0.4 is 4.74 Å². The summed E-state index contributed by atoms with van der Waals surface area (Å²) in [5.74, 6) is 2.81. The number of benzene rings is 1. The molecule has 0 radical (unpaired) electrons. The second-order valence-corrected chi connectivity index (χ2v) is 4.22. The third kappa shape index (κ3) is 3.28. The molecule has 84 valence electrons. The van der Waals surface area contributed by atoms with Crippen LogP contribution in [0.5, 0.6) is 5.75 Å². The highest BCUT2D eigenvalue weighted by molar-refractivity contribution is 9.10. The van der Waals surface area contributed by atoms with Gasteiger partial charge in [-0.3, -0.25) is 4.79 Å². The predicted octanol–water partition coefficient (Wildman–Crippen LogP) is 2.16. The molecule has 0 aliphatic heterocycles. The van der Waals surface area contributed by atoms with Crippen LogP contribution in [-0.4, -0.2) is 31.9 Å². The normalized spacial score (nSPS) is 9.00. The lowest BCUT2D eigenvalue weighted by atomic mass is 10.1. The zero-order valence-corrected chi connectivity index (χ0v) is 11.0. The highest BCUT2D eigenvalue weighted by Crippen LogP contribution is 2.23. The third-order valence-corrected chi connectivity index (χ3v) is 2.29. The molecule has 0 N–H and O–H groups in total. The Hall–Kier alpha value is -1.47. The summed E-state index contributed by atoms with van der Waals surface area (Å²) >= 11 is 3.31. The van der Waals surface area contributed by atoms with Gasteiger partial charge in [0.1, 0.15) is 5.75 Å². The van der Waals surface area contributed by atoms with Gasteiger partial charge in [0.25, 0.3) is 0 Å². The van der Waals surface area contributed by atoms with Crippen molar-refractivity contribution in [3.05, 3.63) is 28.2 Å². The fourth-order valence-corrected chi connectivity index (χ4v) is 1.45. The van der Waals surface area contributed by atoms with E-state index >= 15 is 0 Å². The zero-order valence-electron chi connectivity index (χ0n) is 9.37. The van der Waals surface area contributed by atoms with Gasteiger partial charge in [-0.05, 0) is 18.2 Å². The SMILES string of the molecule is COc1ccc(Br)cc1C(=O)C#CN(C)C. The summed E-state index contributed by atoms with van der Waals surface area (Å²) in [5.41, 5.74) is 0.464. The van der Waals surface area contributed by atoms with Crippen molar-refractivity contribution in [2.75, 3.05) is 21.2 Å². The Balaban J connectivity index is 3.08. The number of rotatable bonds is 2. The van der Waals surface area contributed by atoms with Crippen LogP contribution in [0.3, 0.4) is 0 Å². The van der Waals surface area contributed by atoms with Crippen LogP contribution in [0.15, 0.2) is 22.7 Å². The Morgan fingerprint density at radius 2 is 2.12 bits per heavy atom. The average molecular weight is 282 g/mol. The van der Waals surface area contributed by atoms with Crippen LogP contribution in [0.4, 0.5) is 0 Å². The van der Waals surface area contributed by atoms with Gasteiger partial charge in [-0.15, -0.1) is 0 Å². The minimum Gasteiger partial charge on any atom is -0.496 e. The van der Waals surface area contributed by atoms with E-state index in [-0.39, 0.29) is 5.78 Å². The van der Waals surface area contributed by atoms with E-state index in [0.29, 0.717) is 11.3 Å². The van der Waals surface area contributed by atoms with Crippen molar-refractivity contribution in [2.24, 2.45) is 0 Å². The van der Waals surface area contributed by atoms with Crippen LogP contribution in [0.1, 0.15) is 10.4 Å². The van der Waals surface area contributed by atoms with E-state index in [9.17, 15) is 4.79 Å². The summed E-state index contributed by atoms with van der Waals surface area (Å²) in [6.07, 6.45) is 0. The Kier molecular flexibility index (Phi) is 4.39. The van der Waals surface area contributed by atoms with Gasteiger partial charge in [0, 0.05) is 30.5 Å². The molecule has 3 nitrogen and oxygen atoms in total. The quantitative estimate of drug-likeness (QED) is 0.473. The van der Waals surface area contributed by atoms with Gasteiger partial charge in [0.15, 0.2) is 0 Å². The van der Waals surface area contributed by atoms with Gasteiger partial charge < -0.3 is 9.64 Å². The van der Waals surface area contributed by atoms with Crippen molar-refractivity contribution in [1.82, 2.24) is 4.90 Å². The van der Waals surface area contributed by atoms with Crippen molar-refractivity contribution in [3.8, 4) is 17.7 Å². The molecule has 0 unspecified atom stereocenters. The molecule has 1 aromatic rings. The summed E-state index contributed by atoms with van der Waals surface area (Å²) in [6, 6.07) is 7.92. The fraction of sp³-hybridized carbons (Fsp3) is 0.250. The van der Waals surface area contributed by atoms with Gasteiger partial charge in [0.2, 0.25) is 5.78 Å². The molecule has 0 bridgehead atoms. The van der Waals surface area contributed by atoms with E-state index in [0.717, 1.165) is 4.47 Å². The monoisotopic (exact) mass is 281 g/mol. The first-order valence-electron chi connectivity index (χ1n) is 4.61. The van der Waals surface area contributed by atoms with Gasteiger partial charge in [-0.2, -0.15) is 0 Å². The van der Waals surface area contributed by atoms with Crippen LogP contribution in [0.25, 0.3) is 0 Å². The molecule has 1 aromatic carbocycles. The molecular weight excluding hydrogens is 270 g/mol. The molecule has 16 heavy (non-hydrogen) atoms. The second-order valence-electron chi connectivity index (χ2n) is 3.30. The molecule has 0 aliphatic carbocycles. The number of ether oxygens (including phenoxy) is 1. The molecule has 4 heteroatoms. The second kappa shape index (κ2) is 5.57. The van der Waals surface area contributed by atoms with Gasteiger partial charge >= 0.3 is 0 Å². The average Bonchev–Trinajstić information content (AvgIpc) is 2.25. The zero-order chi connectivity index (χ0) is 12.1. The summed E-state index contributed by atoms with van der Waals surface area (Å²) in [7, 11) is 5.08. The maximum atomic E-state index is 11.8. The van der Waals surface area contributed by atoms with E-state index in [1.807, 2.05) is 6.07 Å². The smallest absolute Gasteiger partial charge is 0.241 e. The summed E-state index contributed by atoms with van der Waals surface area (Å²) in [6.45, 7) is 0. The number of hydrogen-bond acceptors (Lipinski definition) is 3. The van der Waals surface area contributed by atoms with Crippen molar-refractivity contribution >= 4 is 21.7 Å². The van der Waals surface area contributed by atoms with Crippen molar-refractivity contribution in [3.63, 3.8) is 0 Å². The molecular formula is C12H12BrNO2. The van der Waals surface area contributed by atoms with Crippen LogP contribution in [0.2, 0.25) is 0 Å². The first kappa shape index (κ1) is 12.6. The Bertz CT molecular complexity index is 458. The molecule has 0 atom stereocenters. The van der Waals surface area contributed by atoms with Gasteiger partial charge in [-0.1, -0.05) is 15.9 Å². The van der Waals surface area contributed by atoms with Crippen LogP contribution in [0, 0.1) is 12.0 Å². The predicted molar refractivity (Wildman–Crippen MR) is 66.5 cm³/mol. The molecule has 0 amide bonds. The van der Waals surface area contributed by atoms with Crippen LogP contribution >= 0.6 is 15.9 Å². The van der Waals surface area contributed by atoms with E-state index in [1.165, 1.54) is 7.11 Å². The molecule has 0 aromatic heterocycles. The van der Waals surface area contributed by atoms with E-state index in [1.54, 1.807) is 31.1 Å². The summed E-state index contributed by atoms with van der Waals surface area (Å²) < 4.78 is 5.93. The minimum absolute atomic E-state index is 0.258. The van der Waals surface area contributed by atoms with Crippen LogP contribution in [-0.2, 0) is 0 Å². The first-order valence-corrected chi connectivity index (χ1v) is 5.40. The molecule has 0 heterocycles. The lowest BCUT2D eigenvalue weighted by Gasteiger charge is -2.05. The standard InChI is InChI=1S/C12H12BrNO2/c1-14(2)7-6-11(15)10-8-9(13)4-5-12(10)16-3/h4-5,8H,1-3H3. The molecule has 0 saturated carbocycles. The number of Topliss-reactive ketones (excluding diaryl/α,β-unsaturated/α-hetero) is 1. The topological polar surface area (TPSA) is 29.5 Å². The number of methoxy groups -OCH3 is 1. The van der Waals surface area contributed by atoms with Gasteiger partial charge in [-0.25, -0.2) is 0 Å². The van der Waals surface area contributed by atoms with E-state index < -0.39 is 0 Å². The molecule has 1 rings (SSSR count). The lowest BCUT2D eigenvalue weighted by molar-refractivity contribution is 0.105. The number of halogens is 1. The Labute approximate surface area is 104 Å². The maximum absolute atomic E-state index is 11.8. The lowest BCUT2D eigenvalue weighted by Crippen LogP contribution is -2.04. The molecule has 0 saturated heterocycles. The molecule has 0 spiro atoms. The maximum Gasteiger partial charge on any atom is 0.241 e. The summed E-state index contributed by atoms with van der Waals surface area (Å²) in [5, 5.41) is 0. The highest BCUT2D eigenvalue weighted by Gasteiger charge is 2.10. The number of ketones is 1. The van der Waals surface area contributed by atoms with Crippen molar-refractivity contribution in [1.29, 1.82) is 0 Å². The van der Waals surface area contributed by atoms with Crippen molar-refractivity contribution in [2.45, 2.75) is 0 Å². The highest BCUT2D eigenvalue weighted by atomic mass is 79.9. The largest absolute Gasteiger partial charge is 0.496 e. The van der Waals surface area contributed by atoms with Crippen molar-refractivity contribution < 1.29 is 9.53 Å². The number of hydrogen-bond donors (Lipinski definition) is 0. The molecule has 0 fully saturated rings. The van der Waals surface area contributed by atoms with E-state index in [4.69, 9.17) is 4.74 Å². The number of nitrogens with zero attached hydrogens (tertiary/aromatic N) is 1. The molecule has 0 aliphatic rings. The number of carbonyl (C=O) groups excluding carboxylic acids is 1. The van der Waals surface area contributed by atoms with Gasteiger partial charge in [0.05, 0.1) is 12.7 Å². The Morgan fingerprint density at radius 1 is 1.44 bits per heavy atom. The number of carbonyl (C=O) groups is 1. The Morgan fingerprint density at radius 3 is 2.69 bits per heavy atom.